The molecule has 5 rings (SSSR count). The summed E-state index contributed by atoms with van der Waals surface area (Å²) in [6.07, 6.45) is 4.75. The summed E-state index contributed by atoms with van der Waals surface area (Å²) < 4.78 is 0. The predicted octanol–water partition coefficient (Wildman–Crippen LogP) is 5.16. The smallest absolute Gasteiger partial charge is 0.159 e. The zero-order chi connectivity index (χ0) is 21.8. The maximum atomic E-state index is 6.11. The molecule has 0 unspecified atom stereocenters. The van der Waals surface area contributed by atoms with Crippen molar-refractivity contribution in [3.8, 4) is 22.4 Å². The quantitative estimate of drug-likeness (QED) is 0.447. The first-order valence-corrected chi connectivity index (χ1v) is 11.4. The highest BCUT2D eigenvalue weighted by atomic mass is 35.5. The van der Waals surface area contributed by atoms with Gasteiger partial charge in [-0.05, 0) is 41.8 Å². The number of halogens is 1. The lowest BCUT2D eigenvalue weighted by Gasteiger charge is -2.35. The van der Waals surface area contributed by atoms with E-state index in [1.807, 2.05) is 48.8 Å². The molecule has 162 valence electrons. The van der Waals surface area contributed by atoms with E-state index < -0.39 is 0 Å². The average molecular weight is 444 g/mol. The lowest BCUT2D eigenvalue weighted by molar-refractivity contribution is 0.260. The summed E-state index contributed by atoms with van der Waals surface area (Å²) in [5, 5.41) is 8.79. The van der Waals surface area contributed by atoms with Gasteiger partial charge in [0.05, 0.1) is 11.3 Å². The average Bonchev–Trinajstić information content (AvgIpc) is 3.30. The summed E-state index contributed by atoms with van der Waals surface area (Å²) in [4.78, 5) is 9.14. The van der Waals surface area contributed by atoms with E-state index in [-0.39, 0.29) is 0 Å². The van der Waals surface area contributed by atoms with Crippen molar-refractivity contribution in [2.75, 3.05) is 37.6 Å². The predicted molar refractivity (Wildman–Crippen MR) is 131 cm³/mol. The number of hydrogen-bond donors (Lipinski definition) is 1. The van der Waals surface area contributed by atoms with Gasteiger partial charge in [0, 0.05) is 55.7 Å². The van der Waals surface area contributed by atoms with Crippen molar-refractivity contribution in [2.24, 2.45) is 0 Å². The fraction of sp³-hybridized carbons (Fsp3) is 0.231. The van der Waals surface area contributed by atoms with E-state index in [2.05, 4.69) is 50.2 Å². The van der Waals surface area contributed by atoms with Crippen molar-refractivity contribution in [3.63, 3.8) is 0 Å². The van der Waals surface area contributed by atoms with Gasteiger partial charge in [-0.15, -0.1) is 0 Å². The van der Waals surface area contributed by atoms with Crippen LogP contribution in [0.2, 0.25) is 5.02 Å². The molecule has 0 atom stereocenters. The van der Waals surface area contributed by atoms with Gasteiger partial charge in [0.15, 0.2) is 5.82 Å². The normalized spacial score (nSPS) is 14.6. The zero-order valence-electron chi connectivity index (χ0n) is 17.9. The Morgan fingerprint density at radius 2 is 1.53 bits per heavy atom. The summed E-state index contributed by atoms with van der Waals surface area (Å²) in [6.45, 7) is 5.07. The van der Waals surface area contributed by atoms with E-state index in [1.165, 1.54) is 5.56 Å². The van der Waals surface area contributed by atoms with Gasteiger partial charge < -0.3 is 4.90 Å². The highest BCUT2D eigenvalue weighted by Gasteiger charge is 2.24. The molecule has 1 fully saturated rings. The molecule has 1 aliphatic rings. The number of aromatic nitrogens is 3. The minimum atomic E-state index is 0.727. The summed E-state index contributed by atoms with van der Waals surface area (Å²) in [6, 6.07) is 22.7. The minimum absolute atomic E-state index is 0.727. The summed E-state index contributed by atoms with van der Waals surface area (Å²) in [5.74, 6) is 1.00. The molecular formula is C26H26ClN5. The number of nitrogens with one attached hydrogen (secondary N) is 1. The molecule has 4 aromatic rings. The molecule has 2 aromatic carbocycles. The Morgan fingerprint density at radius 3 is 2.25 bits per heavy atom. The van der Waals surface area contributed by atoms with Crippen molar-refractivity contribution in [3.05, 3.63) is 89.7 Å². The maximum absolute atomic E-state index is 6.11. The number of nitrogens with zero attached hydrogens (tertiary/aromatic N) is 4. The van der Waals surface area contributed by atoms with Crippen molar-refractivity contribution in [2.45, 2.75) is 6.42 Å². The number of benzene rings is 2. The molecule has 0 amide bonds. The largest absolute Gasteiger partial charge is 0.352 e. The lowest BCUT2D eigenvalue weighted by atomic mass is 10.0. The van der Waals surface area contributed by atoms with Gasteiger partial charge in [-0.1, -0.05) is 54.1 Å². The zero-order valence-corrected chi connectivity index (χ0v) is 18.7. The van der Waals surface area contributed by atoms with Crippen LogP contribution < -0.4 is 4.90 Å². The third-order valence-electron chi connectivity index (χ3n) is 6.08. The lowest BCUT2D eigenvalue weighted by Crippen LogP contribution is -2.47. The van der Waals surface area contributed by atoms with E-state index in [1.54, 1.807) is 0 Å². The van der Waals surface area contributed by atoms with Gasteiger partial charge in [-0.3, -0.25) is 15.0 Å². The number of piperazine rings is 1. The van der Waals surface area contributed by atoms with Crippen LogP contribution in [0.3, 0.4) is 0 Å². The van der Waals surface area contributed by atoms with Crippen LogP contribution in [0.5, 0.6) is 0 Å². The molecule has 3 heterocycles. The molecule has 5 nitrogen and oxygen atoms in total. The van der Waals surface area contributed by atoms with Crippen LogP contribution in [0.25, 0.3) is 22.4 Å². The minimum Gasteiger partial charge on any atom is -0.352 e. The number of H-pyrrole nitrogens is 1. The van der Waals surface area contributed by atoms with E-state index in [9.17, 15) is 0 Å². The Bertz CT molecular complexity index is 1130. The number of pyridine rings is 1. The third-order valence-corrected chi connectivity index (χ3v) is 6.33. The molecule has 2 aromatic heterocycles. The topological polar surface area (TPSA) is 48.1 Å². The van der Waals surface area contributed by atoms with Crippen LogP contribution in [0.1, 0.15) is 5.56 Å². The van der Waals surface area contributed by atoms with Crippen molar-refractivity contribution < 1.29 is 0 Å². The number of hydrogen-bond acceptors (Lipinski definition) is 4. The standard InChI is InChI=1S/C26H26ClN5/c27-23-8-6-22(7-9-23)25-24(21-10-13-28-14-11-21)26(30-29-25)32-18-16-31(17-19-32)15-12-20-4-2-1-3-5-20/h1-11,13-14H,12,15-19H2,(H,29,30). The molecule has 0 saturated carbocycles. The second-order valence-electron chi connectivity index (χ2n) is 8.10. The van der Waals surface area contributed by atoms with E-state index in [0.717, 1.165) is 72.4 Å². The highest BCUT2D eigenvalue weighted by molar-refractivity contribution is 6.30. The molecule has 0 bridgehead atoms. The van der Waals surface area contributed by atoms with Crippen LogP contribution in [0, 0.1) is 0 Å². The number of aromatic amines is 1. The molecule has 32 heavy (non-hydrogen) atoms. The van der Waals surface area contributed by atoms with Crippen LogP contribution in [0.15, 0.2) is 79.1 Å². The van der Waals surface area contributed by atoms with Gasteiger partial charge in [0.2, 0.25) is 0 Å². The van der Waals surface area contributed by atoms with Gasteiger partial charge in [0.25, 0.3) is 0 Å². The van der Waals surface area contributed by atoms with E-state index in [4.69, 9.17) is 16.7 Å². The first-order valence-electron chi connectivity index (χ1n) is 11.0. The third kappa shape index (κ3) is 4.54. The molecule has 1 saturated heterocycles. The van der Waals surface area contributed by atoms with Gasteiger partial charge in [0.1, 0.15) is 0 Å². The first kappa shape index (κ1) is 20.7. The van der Waals surface area contributed by atoms with Crippen LogP contribution in [-0.4, -0.2) is 52.8 Å². The Hall–Kier alpha value is -3.15. The van der Waals surface area contributed by atoms with Crippen LogP contribution in [0.4, 0.5) is 5.82 Å². The van der Waals surface area contributed by atoms with Crippen molar-refractivity contribution >= 4 is 17.4 Å². The molecule has 0 spiro atoms. The second-order valence-corrected chi connectivity index (χ2v) is 8.54. The van der Waals surface area contributed by atoms with Crippen molar-refractivity contribution in [1.29, 1.82) is 0 Å². The number of rotatable bonds is 6. The maximum Gasteiger partial charge on any atom is 0.159 e. The van der Waals surface area contributed by atoms with Gasteiger partial charge >= 0.3 is 0 Å². The molecule has 6 heteroatoms. The summed E-state index contributed by atoms with van der Waals surface area (Å²) in [7, 11) is 0. The van der Waals surface area contributed by atoms with Crippen molar-refractivity contribution in [1.82, 2.24) is 20.1 Å². The fourth-order valence-electron chi connectivity index (χ4n) is 4.29. The SMILES string of the molecule is Clc1ccc(-c2[nH]nc(N3CCN(CCc4ccccc4)CC3)c2-c2ccncc2)cc1. The summed E-state index contributed by atoms with van der Waals surface area (Å²) >= 11 is 6.11. The van der Waals surface area contributed by atoms with E-state index >= 15 is 0 Å². The van der Waals surface area contributed by atoms with Gasteiger partial charge in [-0.25, -0.2) is 0 Å². The Balaban J connectivity index is 1.35. The second kappa shape index (κ2) is 9.55. The molecular weight excluding hydrogens is 418 g/mol. The Morgan fingerprint density at radius 1 is 0.812 bits per heavy atom. The first-order chi connectivity index (χ1) is 15.8. The van der Waals surface area contributed by atoms with E-state index in [0.29, 0.717) is 0 Å². The Kier molecular flexibility index (Phi) is 6.19. The molecule has 1 aliphatic heterocycles. The number of anilines is 1. The molecule has 0 aliphatic carbocycles. The highest BCUT2D eigenvalue weighted by Crippen LogP contribution is 2.38. The van der Waals surface area contributed by atoms with Crippen LogP contribution in [-0.2, 0) is 6.42 Å². The van der Waals surface area contributed by atoms with Crippen LogP contribution >= 0.6 is 11.6 Å². The van der Waals surface area contributed by atoms with Gasteiger partial charge in [-0.2, -0.15) is 5.10 Å². The summed E-state index contributed by atoms with van der Waals surface area (Å²) in [5.41, 5.74) is 5.71. The molecule has 1 N–H and O–H groups in total. The molecule has 0 radical (unpaired) electrons. The Labute approximate surface area is 193 Å². The monoisotopic (exact) mass is 443 g/mol. The fourth-order valence-corrected chi connectivity index (χ4v) is 4.42.